The summed E-state index contributed by atoms with van der Waals surface area (Å²) in [6.07, 6.45) is 0. The van der Waals surface area contributed by atoms with Gasteiger partial charge in [0, 0.05) is 5.41 Å². The maximum atomic E-state index is 11.5. The van der Waals surface area contributed by atoms with Gasteiger partial charge in [0.2, 0.25) is 0 Å². The van der Waals surface area contributed by atoms with Crippen molar-refractivity contribution < 1.29 is 9.90 Å². The maximum Gasteiger partial charge on any atom is 0.267 e. The first-order valence-corrected chi connectivity index (χ1v) is 5.99. The Labute approximate surface area is 111 Å². The summed E-state index contributed by atoms with van der Waals surface area (Å²) in [7, 11) is 0. The van der Waals surface area contributed by atoms with Gasteiger partial charge in [0.1, 0.15) is 11.4 Å². The summed E-state index contributed by atoms with van der Waals surface area (Å²) in [6, 6.07) is 8.15. The molecule has 0 saturated heterocycles. The molecule has 0 spiro atoms. The number of carbonyl (C=O) groups excluding carboxylic acids is 1. The van der Waals surface area contributed by atoms with Crippen LogP contribution in [0.3, 0.4) is 0 Å². The molecule has 0 atom stereocenters. The highest BCUT2D eigenvalue weighted by molar-refractivity contribution is 5.91. The quantitative estimate of drug-likeness (QED) is 0.865. The van der Waals surface area contributed by atoms with Gasteiger partial charge in [-0.25, -0.2) is 4.68 Å². The fraction of sp³-hybridized carbons (Fsp3) is 0.286. The van der Waals surface area contributed by atoms with Gasteiger partial charge in [-0.3, -0.25) is 4.79 Å². The zero-order valence-electron chi connectivity index (χ0n) is 11.2. The molecule has 0 unspecified atom stereocenters. The number of hydrogen-bond acceptors (Lipinski definition) is 3. The lowest BCUT2D eigenvalue weighted by Gasteiger charge is -2.14. The van der Waals surface area contributed by atoms with E-state index >= 15 is 0 Å². The molecule has 1 amide bonds. The van der Waals surface area contributed by atoms with E-state index in [0.717, 1.165) is 5.69 Å². The molecule has 0 saturated carbocycles. The standard InChI is InChI=1S/C14H17N3O2/c1-14(2,3)12-8-11(13(15)19)17(16-12)9-4-6-10(18)7-5-9/h4-8,18H,1-3H3,(H2,15,19). The van der Waals surface area contributed by atoms with Crippen LogP contribution in [0.1, 0.15) is 37.0 Å². The lowest BCUT2D eigenvalue weighted by Crippen LogP contribution is -2.16. The number of phenolic OH excluding ortho intramolecular Hbond substituents is 1. The van der Waals surface area contributed by atoms with E-state index in [-0.39, 0.29) is 11.2 Å². The van der Waals surface area contributed by atoms with E-state index in [1.807, 2.05) is 20.8 Å². The van der Waals surface area contributed by atoms with Crippen LogP contribution in [0.5, 0.6) is 5.75 Å². The minimum atomic E-state index is -0.531. The first-order valence-electron chi connectivity index (χ1n) is 5.99. The topological polar surface area (TPSA) is 81.1 Å². The fourth-order valence-corrected chi connectivity index (χ4v) is 1.71. The van der Waals surface area contributed by atoms with Crippen LogP contribution < -0.4 is 5.73 Å². The van der Waals surface area contributed by atoms with Gasteiger partial charge in [0.25, 0.3) is 5.91 Å². The van der Waals surface area contributed by atoms with Gasteiger partial charge < -0.3 is 10.8 Å². The number of carbonyl (C=O) groups is 1. The van der Waals surface area contributed by atoms with Crippen LogP contribution in [0.15, 0.2) is 30.3 Å². The third kappa shape index (κ3) is 2.59. The smallest absolute Gasteiger partial charge is 0.267 e. The molecule has 2 rings (SSSR count). The molecule has 5 nitrogen and oxygen atoms in total. The van der Waals surface area contributed by atoms with Gasteiger partial charge in [0.15, 0.2) is 0 Å². The van der Waals surface area contributed by atoms with Crippen LogP contribution in [-0.2, 0) is 5.41 Å². The number of phenols is 1. The average molecular weight is 259 g/mol. The van der Waals surface area contributed by atoms with Crippen molar-refractivity contribution in [2.24, 2.45) is 5.73 Å². The summed E-state index contributed by atoms with van der Waals surface area (Å²) in [5.41, 5.74) is 7.01. The molecule has 0 aliphatic carbocycles. The molecule has 1 heterocycles. The molecular formula is C14H17N3O2. The van der Waals surface area contributed by atoms with Crippen LogP contribution in [-0.4, -0.2) is 20.8 Å². The largest absolute Gasteiger partial charge is 0.508 e. The van der Waals surface area contributed by atoms with E-state index in [0.29, 0.717) is 11.4 Å². The summed E-state index contributed by atoms with van der Waals surface area (Å²) in [5, 5.41) is 13.7. The molecule has 1 aromatic heterocycles. The Balaban J connectivity index is 2.58. The lowest BCUT2D eigenvalue weighted by molar-refractivity contribution is 0.0993. The average Bonchev–Trinajstić information content (AvgIpc) is 2.74. The Morgan fingerprint density at radius 2 is 1.84 bits per heavy atom. The number of rotatable bonds is 2. The van der Waals surface area contributed by atoms with Crippen LogP contribution in [0.25, 0.3) is 5.69 Å². The van der Waals surface area contributed by atoms with Crippen molar-refractivity contribution >= 4 is 5.91 Å². The number of aromatic hydroxyl groups is 1. The number of aromatic nitrogens is 2. The summed E-state index contributed by atoms with van der Waals surface area (Å²) >= 11 is 0. The summed E-state index contributed by atoms with van der Waals surface area (Å²) < 4.78 is 1.50. The number of amides is 1. The van der Waals surface area contributed by atoms with E-state index in [9.17, 15) is 9.90 Å². The second-order valence-electron chi connectivity index (χ2n) is 5.46. The highest BCUT2D eigenvalue weighted by Crippen LogP contribution is 2.24. The number of primary amides is 1. The van der Waals surface area contributed by atoms with Crippen molar-refractivity contribution in [1.82, 2.24) is 9.78 Å². The van der Waals surface area contributed by atoms with E-state index in [4.69, 9.17) is 5.73 Å². The molecule has 0 aliphatic heterocycles. The molecule has 100 valence electrons. The molecule has 5 heteroatoms. The van der Waals surface area contributed by atoms with Crippen molar-refractivity contribution in [3.05, 3.63) is 41.7 Å². The molecule has 3 N–H and O–H groups in total. The third-order valence-corrected chi connectivity index (χ3v) is 2.82. The van der Waals surface area contributed by atoms with Gasteiger partial charge in [-0.15, -0.1) is 0 Å². The van der Waals surface area contributed by atoms with Gasteiger partial charge in [-0.05, 0) is 30.3 Å². The lowest BCUT2D eigenvalue weighted by atomic mass is 9.92. The molecular weight excluding hydrogens is 242 g/mol. The Morgan fingerprint density at radius 3 is 2.32 bits per heavy atom. The minimum Gasteiger partial charge on any atom is -0.508 e. The monoisotopic (exact) mass is 259 g/mol. The van der Waals surface area contributed by atoms with E-state index in [2.05, 4.69) is 5.10 Å². The zero-order valence-corrected chi connectivity index (χ0v) is 11.2. The van der Waals surface area contributed by atoms with Crippen molar-refractivity contribution in [3.8, 4) is 11.4 Å². The summed E-state index contributed by atoms with van der Waals surface area (Å²) in [4.78, 5) is 11.5. The molecule has 0 radical (unpaired) electrons. The SMILES string of the molecule is CC(C)(C)c1cc(C(N)=O)n(-c2ccc(O)cc2)n1. The van der Waals surface area contributed by atoms with E-state index in [1.54, 1.807) is 30.3 Å². The van der Waals surface area contributed by atoms with Crippen molar-refractivity contribution in [3.63, 3.8) is 0 Å². The normalized spacial score (nSPS) is 11.5. The van der Waals surface area contributed by atoms with E-state index in [1.165, 1.54) is 4.68 Å². The molecule has 2 aromatic rings. The maximum absolute atomic E-state index is 11.5. The van der Waals surface area contributed by atoms with Gasteiger partial charge in [-0.1, -0.05) is 20.8 Å². The number of benzene rings is 1. The summed E-state index contributed by atoms with van der Waals surface area (Å²) in [5.74, 6) is -0.372. The van der Waals surface area contributed by atoms with E-state index < -0.39 is 5.91 Å². The second-order valence-corrected chi connectivity index (χ2v) is 5.46. The van der Waals surface area contributed by atoms with Gasteiger partial charge in [0.05, 0.1) is 11.4 Å². The predicted molar refractivity (Wildman–Crippen MR) is 72.4 cm³/mol. The molecule has 0 fully saturated rings. The number of hydrogen-bond donors (Lipinski definition) is 2. The number of nitrogens with two attached hydrogens (primary N) is 1. The predicted octanol–water partition coefficient (Wildman–Crippen LogP) is 1.97. The summed E-state index contributed by atoms with van der Waals surface area (Å²) in [6.45, 7) is 6.05. The molecule has 19 heavy (non-hydrogen) atoms. The highest BCUT2D eigenvalue weighted by atomic mass is 16.3. The van der Waals surface area contributed by atoms with Gasteiger partial charge >= 0.3 is 0 Å². The van der Waals surface area contributed by atoms with Crippen LogP contribution in [0.2, 0.25) is 0 Å². The van der Waals surface area contributed by atoms with Crippen LogP contribution >= 0.6 is 0 Å². The fourth-order valence-electron chi connectivity index (χ4n) is 1.71. The third-order valence-electron chi connectivity index (χ3n) is 2.82. The Hall–Kier alpha value is -2.30. The first-order chi connectivity index (χ1) is 8.79. The Bertz CT molecular complexity index is 607. The Morgan fingerprint density at radius 1 is 1.26 bits per heavy atom. The van der Waals surface area contributed by atoms with Crippen LogP contribution in [0.4, 0.5) is 0 Å². The molecule has 0 bridgehead atoms. The first kappa shape index (κ1) is 13.1. The van der Waals surface area contributed by atoms with Crippen molar-refractivity contribution in [2.75, 3.05) is 0 Å². The zero-order chi connectivity index (χ0) is 14.2. The van der Waals surface area contributed by atoms with Crippen molar-refractivity contribution in [2.45, 2.75) is 26.2 Å². The van der Waals surface area contributed by atoms with Gasteiger partial charge in [-0.2, -0.15) is 5.10 Å². The highest BCUT2D eigenvalue weighted by Gasteiger charge is 2.22. The van der Waals surface area contributed by atoms with Crippen molar-refractivity contribution in [1.29, 1.82) is 0 Å². The molecule has 1 aromatic carbocycles. The number of nitrogens with zero attached hydrogens (tertiary/aromatic N) is 2. The second kappa shape index (κ2) is 4.42. The molecule has 0 aliphatic rings. The van der Waals surface area contributed by atoms with Crippen LogP contribution in [0, 0.1) is 0 Å². The minimum absolute atomic E-state index is 0.160. The Kier molecular flexibility index (Phi) is 3.06.